The lowest BCUT2D eigenvalue weighted by Gasteiger charge is -2.25. The van der Waals surface area contributed by atoms with Crippen molar-refractivity contribution in [3.8, 4) is 12.3 Å². The summed E-state index contributed by atoms with van der Waals surface area (Å²) < 4.78 is 0. The second-order valence-electron chi connectivity index (χ2n) is 3.04. The summed E-state index contributed by atoms with van der Waals surface area (Å²) in [4.78, 5) is 11.3. The Balaban J connectivity index is 2.34. The highest BCUT2D eigenvalue weighted by Gasteiger charge is 2.28. The first-order valence-electron chi connectivity index (χ1n) is 3.98. The van der Waals surface area contributed by atoms with E-state index < -0.39 is 6.04 Å². The highest BCUT2D eigenvalue weighted by Crippen LogP contribution is 2.28. The van der Waals surface area contributed by atoms with E-state index in [-0.39, 0.29) is 11.7 Å². The fourth-order valence-electron chi connectivity index (χ4n) is 1.22. The predicted molar refractivity (Wildman–Crippen MR) is 43.8 cm³/mol. The Kier molecular flexibility index (Phi) is 2.67. The largest absolute Gasteiger partial charge is 0.321 e. The van der Waals surface area contributed by atoms with Crippen LogP contribution in [-0.4, -0.2) is 11.8 Å². The Morgan fingerprint density at radius 3 is 2.73 bits per heavy atom. The fraction of sp³-hybridized carbons (Fsp3) is 0.667. The molecule has 0 bridgehead atoms. The standard InChI is InChI=1S/C9H13NO/c1-2-4-8(10)9(11)7-5-3-6-7/h1,7-8H,3-6,10H2. The molecular formula is C9H13NO. The van der Waals surface area contributed by atoms with Gasteiger partial charge in [-0.2, -0.15) is 0 Å². The SMILES string of the molecule is C#CCC(N)C(=O)C1CCC1. The molecule has 0 aromatic heterocycles. The van der Waals surface area contributed by atoms with Crippen LogP contribution in [0.25, 0.3) is 0 Å². The molecule has 0 saturated heterocycles. The summed E-state index contributed by atoms with van der Waals surface area (Å²) in [6.07, 6.45) is 8.62. The third-order valence-electron chi connectivity index (χ3n) is 2.21. The molecule has 1 aliphatic rings. The van der Waals surface area contributed by atoms with Gasteiger partial charge in [-0.05, 0) is 12.8 Å². The van der Waals surface area contributed by atoms with Crippen LogP contribution < -0.4 is 5.73 Å². The molecule has 11 heavy (non-hydrogen) atoms. The van der Waals surface area contributed by atoms with Crippen molar-refractivity contribution in [3.05, 3.63) is 0 Å². The Morgan fingerprint density at radius 1 is 1.73 bits per heavy atom. The van der Waals surface area contributed by atoms with Gasteiger partial charge < -0.3 is 5.73 Å². The van der Waals surface area contributed by atoms with E-state index >= 15 is 0 Å². The van der Waals surface area contributed by atoms with Crippen LogP contribution in [0.5, 0.6) is 0 Å². The van der Waals surface area contributed by atoms with Crippen molar-refractivity contribution in [2.24, 2.45) is 11.7 Å². The molecule has 0 spiro atoms. The number of terminal acetylenes is 1. The van der Waals surface area contributed by atoms with Crippen LogP contribution in [0.1, 0.15) is 25.7 Å². The Bertz CT molecular complexity index is 188. The van der Waals surface area contributed by atoms with Gasteiger partial charge >= 0.3 is 0 Å². The van der Waals surface area contributed by atoms with Crippen molar-refractivity contribution in [2.45, 2.75) is 31.7 Å². The first-order valence-corrected chi connectivity index (χ1v) is 3.98. The van der Waals surface area contributed by atoms with Crippen molar-refractivity contribution in [1.29, 1.82) is 0 Å². The molecule has 2 heteroatoms. The lowest BCUT2D eigenvalue weighted by Crippen LogP contribution is -2.37. The van der Waals surface area contributed by atoms with Crippen LogP contribution in [0.3, 0.4) is 0 Å². The molecule has 2 nitrogen and oxygen atoms in total. The highest BCUT2D eigenvalue weighted by molar-refractivity contribution is 5.86. The molecule has 1 aliphatic carbocycles. The second kappa shape index (κ2) is 3.54. The summed E-state index contributed by atoms with van der Waals surface area (Å²) in [5.74, 6) is 2.79. The van der Waals surface area contributed by atoms with Gasteiger partial charge in [0.05, 0.1) is 6.04 Å². The van der Waals surface area contributed by atoms with E-state index in [9.17, 15) is 4.79 Å². The van der Waals surface area contributed by atoms with Crippen LogP contribution in [0.4, 0.5) is 0 Å². The maximum absolute atomic E-state index is 11.3. The van der Waals surface area contributed by atoms with E-state index in [1.165, 1.54) is 6.42 Å². The zero-order chi connectivity index (χ0) is 8.27. The third kappa shape index (κ3) is 1.81. The quantitative estimate of drug-likeness (QED) is 0.603. The van der Waals surface area contributed by atoms with Crippen molar-refractivity contribution >= 4 is 5.78 Å². The molecule has 1 rings (SSSR count). The summed E-state index contributed by atoms with van der Waals surface area (Å²) in [7, 11) is 0. The number of nitrogens with two attached hydrogens (primary N) is 1. The minimum Gasteiger partial charge on any atom is -0.321 e. The van der Waals surface area contributed by atoms with Gasteiger partial charge in [-0.3, -0.25) is 4.79 Å². The fourth-order valence-corrected chi connectivity index (χ4v) is 1.22. The molecule has 1 saturated carbocycles. The first-order chi connectivity index (χ1) is 5.25. The van der Waals surface area contributed by atoms with E-state index in [1.807, 2.05) is 0 Å². The van der Waals surface area contributed by atoms with Gasteiger partial charge in [-0.15, -0.1) is 12.3 Å². The lowest BCUT2D eigenvalue weighted by molar-refractivity contribution is -0.126. The number of hydrogen-bond acceptors (Lipinski definition) is 2. The van der Waals surface area contributed by atoms with Crippen molar-refractivity contribution in [3.63, 3.8) is 0 Å². The topological polar surface area (TPSA) is 43.1 Å². The number of rotatable bonds is 3. The molecule has 0 aliphatic heterocycles. The van der Waals surface area contributed by atoms with Crippen molar-refractivity contribution < 1.29 is 4.79 Å². The van der Waals surface area contributed by atoms with Crippen LogP contribution in [0, 0.1) is 18.3 Å². The number of Topliss-reactive ketones (excluding diaryl/α,β-unsaturated/α-hetero) is 1. The molecule has 1 unspecified atom stereocenters. The van der Waals surface area contributed by atoms with E-state index in [2.05, 4.69) is 5.92 Å². The number of carbonyl (C=O) groups excluding carboxylic acids is 1. The number of hydrogen-bond donors (Lipinski definition) is 1. The molecule has 0 heterocycles. The van der Waals surface area contributed by atoms with Gasteiger partial charge in [0.1, 0.15) is 0 Å². The molecule has 1 fully saturated rings. The molecule has 1 atom stereocenters. The summed E-state index contributed by atoms with van der Waals surface area (Å²) in [6.45, 7) is 0. The average Bonchev–Trinajstić information content (AvgIpc) is 1.84. The molecular weight excluding hydrogens is 138 g/mol. The number of carbonyl (C=O) groups is 1. The number of ketones is 1. The van der Waals surface area contributed by atoms with Gasteiger partial charge in [0, 0.05) is 12.3 Å². The lowest BCUT2D eigenvalue weighted by atomic mass is 9.79. The molecule has 0 radical (unpaired) electrons. The maximum Gasteiger partial charge on any atom is 0.153 e. The Morgan fingerprint density at radius 2 is 2.36 bits per heavy atom. The normalized spacial score (nSPS) is 20.0. The molecule has 2 N–H and O–H groups in total. The third-order valence-corrected chi connectivity index (χ3v) is 2.21. The minimum atomic E-state index is -0.412. The van der Waals surface area contributed by atoms with Crippen molar-refractivity contribution in [2.75, 3.05) is 0 Å². The van der Waals surface area contributed by atoms with E-state index in [0.29, 0.717) is 6.42 Å². The first kappa shape index (κ1) is 8.29. The summed E-state index contributed by atoms with van der Waals surface area (Å²) in [5, 5.41) is 0. The van der Waals surface area contributed by atoms with Crippen LogP contribution in [-0.2, 0) is 4.79 Å². The molecule has 0 aromatic rings. The molecule has 0 aromatic carbocycles. The average molecular weight is 151 g/mol. The van der Waals surface area contributed by atoms with Gasteiger partial charge in [-0.25, -0.2) is 0 Å². The van der Waals surface area contributed by atoms with Crippen molar-refractivity contribution in [1.82, 2.24) is 0 Å². The smallest absolute Gasteiger partial charge is 0.153 e. The maximum atomic E-state index is 11.3. The van der Waals surface area contributed by atoms with Gasteiger partial charge in [0.15, 0.2) is 5.78 Å². The predicted octanol–water partition coefficient (Wildman–Crippen LogP) is 0.706. The monoisotopic (exact) mass is 151 g/mol. The second-order valence-corrected chi connectivity index (χ2v) is 3.04. The zero-order valence-corrected chi connectivity index (χ0v) is 6.55. The van der Waals surface area contributed by atoms with Gasteiger partial charge in [-0.1, -0.05) is 6.42 Å². The van der Waals surface area contributed by atoms with E-state index in [4.69, 9.17) is 12.2 Å². The minimum absolute atomic E-state index is 0.161. The molecule has 0 amide bonds. The summed E-state index contributed by atoms with van der Waals surface area (Å²) in [6, 6.07) is -0.412. The zero-order valence-electron chi connectivity index (χ0n) is 6.55. The highest BCUT2D eigenvalue weighted by atomic mass is 16.1. The van der Waals surface area contributed by atoms with E-state index in [1.54, 1.807) is 0 Å². The van der Waals surface area contributed by atoms with Gasteiger partial charge in [0.2, 0.25) is 0 Å². The van der Waals surface area contributed by atoms with Crippen LogP contribution in [0.15, 0.2) is 0 Å². The van der Waals surface area contributed by atoms with Crippen LogP contribution >= 0.6 is 0 Å². The van der Waals surface area contributed by atoms with Gasteiger partial charge in [0.25, 0.3) is 0 Å². The Hall–Kier alpha value is -0.810. The summed E-state index contributed by atoms with van der Waals surface area (Å²) in [5.41, 5.74) is 5.55. The summed E-state index contributed by atoms with van der Waals surface area (Å²) >= 11 is 0. The van der Waals surface area contributed by atoms with Crippen LogP contribution in [0.2, 0.25) is 0 Å². The van der Waals surface area contributed by atoms with E-state index in [0.717, 1.165) is 12.8 Å². The Labute approximate surface area is 67.2 Å². The molecule has 60 valence electrons.